The molecule has 0 spiro atoms. The highest BCUT2D eigenvalue weighted by Crippen LogP contribution is 2.07. The highest BCUT2D eigenvalue weighted by molar-refractivity contribution is 5.82. The maximum Gasteiger partial charge on any atom is 0.127 e. The number of hydrogen-bond donors (Lipinski definition) is 2. The van der Waals surface area contributed by atoms with Gasteiger partial charge in [0, 0.05) is 19.1 Å². The zero-order chi connectivity index (χ0) is 9.14. The van der Waals surface area contributed by atoms with Crippen LogP contribution in [0.1, 0.15) is 13.8 Å². The first-order chi connectivity index (χ1) is 5.61. The molecule has 1 saturated heterocycles. The van der Waals surface area contributed by atoms with Gasteiger partial charge in [0.1, 0.15) is 11.9 Å². The molecule has 1 unspecified atom stereocenters. The average molecular weight is 171 g/mol. The molecular weight excluding hydrogens is 154 g/mol. The lowest BCUT2D eigenvalue weighted by atomic mass is 10.2. The van der Waals surface area contributed by atoms with E-state index in [4.69, 9.17) is 15.9 Å². The van der Waals surface area contributed by atoms with Crippen molar-refractivity contribution in [3.63, 3.8) is 0 Å². The van der Waals surface area contributed by atoms with Gasteiger partial charge in [0.2, 0.25) is 0 Å². The summed E-state index contributed by atoms with van der Waals surface area (Å²) in [5.74, 6) is 0.139. The van der Waals surface area contributed by atoms with Crippen LogP contribution >= 0.6 is 0 Å². The molecule has 0 saturated carbocycles. The number of morpholine rings is 1. The Morgan fingerprint density at radius 1 is 1.67 bits per heavy atom. The molecule has 0 aromatic carbocycles. The maximum atomic E-state index is 7.25. The first kappa shape index (κ1) is 9.48. The van der Waals surface area contributed by atoms with Crippen molar-refractivity contribution in [3.05, 3.63) is 0 Å². The van der Waals surface area contributed by atoms with Crippen molar-refractivity contribution >= 4 is 5.84 Å². The van der Waals surface area contributed by atoms with E-state index in [9.17, 15) is 0 Å². The summed E-state index contributed by atoms with van der Waals surface area (Å²) >= 11 is 0. The van der Waals surface area contributed by atoms with Crippen LogP contribution in [-0.2, 0) is 4.74 Å². The lowest BCUT2D eigenvalue weighted by Crippen LogP contribution is -2.50. The molecule has 1 atom stereocenters. The minimum Gasteiger partial charge on any atom is -0.385 e. The van der Waals surface area contributed by atoms with E-state index in [-0.39, 0.29) is 11.9 Å². The van der Waals surface area contributed by atoms with Crippen LogP contribution in [0.3, 0.4) is 0 Å². The van der Waals surface area contributed by atoms with Gasteiger partial charge in [-0.1, -0.05) is 0 Å². The third-order valence-corrected chi connectivity index (χ3v) is 2.18. The second-order valence-electron chi connectivity index (χ2n) is 3.40. The summed E-state index contributed by atoms with van der Waals surface area (Å²) in [4.78, 5) is 2.27. The van der Waals surface area contributed by atoms with Crippen molar-refractivity contribution in [2.75, 3.05) is 19.7 Å². The van der Waals surface area contributed by atoms with E-state index in [0.717, 1.165) is 13.1 Å². The molecule has 1 rings (SSSR count). The highest BCUT2D eigenvalue weighted by atomic mass is 16.5. The predicted octanol–water partition coefficient (Wildman–Crippen LogP) is 0.0316. The van der Waals surface area contributed by atoms with Gasteiger partial charge in [-0.05, 0) is 13.8 Å². The molecule has 0 aromatic rings. The van der Waals surface area contributed by atoms with E-state index in [0.29, 0.717) is 12.6 Å². The fraction of sp³-hybridized carbons (Fsp3) is 0.875. The molecule has 0 bridgehead atoms. The standard InChI is InChI=1S/C8H17N3O/c1-6(2)11-3-4-12-7(5-11)8(9)10/h6-7H,3-5H2,1-2H3,(H3,9,10). The topological polar surface area (TPSA) is 62.3 Å². The zero-order valence-electron chi connectivity index (χ0n) is 7.71. The summed E-state index contributed by atoms with van der Waals surface area (Å²) in [7, 11) is 0. The van der Waals surface area contributed by atoms with Crippen LogP contribution in [0.4, 0.5) is 0 Å². The molecule has 4 nitrogen and oxygen atoms in total. The number of nitrogens with zero attached hydrogens (tertiary/aromatic N) is 1. The summed E-state index contributed by atoms with van der Waals surface area (Å²) in [6, 6.07) is 0.510. The third kappa shape index (κ3) is 2.19. The van der Waals surface area contributed by atoms with Crippen molar-refractivity contribution in [3.8, 4) is 0 Å². The van der Waals surface area contributed by atoms with E-state index in [1.165, 1.54) is 0 Å². The Balaban J connectivity index is 2.46. The Labute approximate surface area is 73.2 Å². The van der Waals surface area contributed by atoms with Gasteiger partial charge in [0.05, 0.1) is 6.61 Å². The Bertz CT molecular complexity index is 170. The molecular formula is C8H17N3O. The van der Waals surface area contributed by atoms with Crippen molar-refractivity contribution < 1.29 is 4.74 Å². The number of rotatable bonds is 2. The van der Waals surface area contributed by atoms with E-state index in [2.05, 4.69) is 18.7 Å². The first-order valence-electron chi connectivity index (χ1n) is 4.31. The molecule has 12 heavy (non-hydrogen) atoms. The lowest BCUT2D eigenvalue weighted by molar-refractivity contribution is -0.00639. The van der Waals surface area contributed by atoms with Crippen molar-refractivity contribution in [2.24, 2.45) is 5.73 Å². The maximum absolute atomic E-state index is 7.25. The Morgan fingerprint density at radius 2 is 2.33 bits per heavy atom. The molecule has 1 aliphatic rings. The average Bonchev–Trinajstić information content (AvgIpc) is 2.04. The number of ether oxygens (including phenoxy) is 1. The van der Waals surface area contributed by atoms with Gasteiger partial charge < -0.3 is 10.5 Å². The molecule has 1 aliphatic heterocycles. The minimum atomic E-state index is -0.193. The Morgan fingerprint density at radius 3 is 2.83 bits per heavy atom. The van der Waals surface area contributed by atoms with Crippen molar-refractivity contribution in [1.82, 2.24) is 4.90 Å². The Kier molecular flexibility index (Phi) is 3.05. The minimum absolute atomic E-state index is 0.139. The van der Waals surface area contributed by atoms with Gasteiger partial charge in [-0.25, -0.2) is 0 Å². The smallest absolute Gasteiger partial charge is 0.127 e. The number of amidine groups is 1. The summed E-state index contributed by atoms with van der Waals surface area (Å²) in [5.41, 5.74) is 5.36. The van der Waals surface area contributed by atoms with Gasteiger partial charge in [0.25, 0.3) is 0 Å². The third-order valence-electron chi connectivity index (χ3n) is 2.18. The normalized spacial score (nSPS) is 26.1. The van der Waals surface area contributed by atoms with E-state index >= 15 is 0 Å². The van der Waals surface area contributed by atoms with Crippen LogP contribution in [0.2, 0.25) is 0 Å². The van der Waals surface area contributed by atoms with Gasteiger partial charge in [-0.2, -0.15) is 0 Å². The summed E-state index contributed by atoms with van der Waals surface area (Å²) in [6.45, 7) is 6.67. The van der Waals surface area contributed by atoms with Crippen molar-refractivity contribution in [2.45, 2.75) is 26.0 Å². The largest absolute Gasteiger partial charge is 0.385 e. The zero-order valence-corrected chi connectivity index (χ0v) is 7.71. The second kappa shape index (κ2) is 3.87. The predicted molar refractivity (Wildman–Crippen MR) is 48.4 cm³/mol. The van der Waals surface area contributed by atoms with Gasteiger partial charge in [0.15, 0.2) is 0 Å². The molecule has 70 valence electrons. The van der Waals surface area contributed by atoms with Crippen LogP contribution < -0.4 is 5.73 Å². The lowest BCUT2D eigenvalue weighted by Gasteiger charge is -2.34. The van der Waals surface area contributed by atoms with Crippen LogP contribution in [0.15, 0.2) is 0 Å². The van der Waals surface area contributed by atoms with Crippen molar-refractivity contribution in [1.29, 1.82) is 5.41 Å². The molecule has 4 heteroatoms. The highest BCUT2D eigenvalue weighted by Gasteiger charge is 2.23. The first-order valence-corrected chi connectivity index (χ1v) is 4.31. The second-order valence-corrected chi connectivity index (χ2v) is 3.40. The van der Waals surface area contributed by atoms with E-state index in [1.807, 2.05) is 0 Å². The van der Waals surface area contributed by atoms with E-state index < -0.39 is 0 Å². The summed E-state index contributed by atoms with van der Waals surface area (Å²) in [5, 5.41) is 7.25. The molecule has 0 aliphatic carbocycles. The molecule has 1 fully saturated rings. The number of hydrogen-bond acceptors (Lipinski definition) is 3. The van der Waals surface area contributed by atoms with Crippen LogP contribution in [0.5, 0.6) is 0 Å². The fourth-order valence-corrected chi connectivity index (χ4v) is 1.33. The summed E-state index contributed by atoms with van der Waals surface area (Å²) < 4.78 is 5.33. The van der Waals surface area contributed by atoms with Gasteiger partial charge in [-0.3, -0.25) is 10.3 Å². The monoisotopic (exact) mass is 171 g/mol. The number of nitrogens with two attached hydrogens (primary N) is 1. The molecule has 0 amide bonds. The quantitative estimate of drug-likeness (QED) is 0.455. The van der Waals surface area contributed by atoms with Crippen LogP contribution in [0.25, 0.3) is 0 Å². The van der Waals surface area contributed by atoms with Crippen LogP contribution in [0, 0.1) is 5.41 Å². The Hall–Kier alpha value is -0.610. The van der Waals surface area contributed by atoms with Gasteiger partial charge in [-0.15, -0.1) is 0 Å². The van der Waals surface area contributed by atoms with Gasteiger partial charge >= 0.3 is 0 Å². The van der Waals surface area contributed by atoms with E-state index in [1.54, 1.807) is 0 Å². The van der Waals surface area contributed by atoms with Crippen LogP contribution in [-0.4, -0.2) is 42.6 Å². The molecule has 0 aromatic heterocycles. The SMILES string of the molecule is CC(C)N1CCOC(C(=N)N)C1. The molecule has 1 heterocycles. The molecule has 3 N–H and O–H groups in total. The molecule has 0 radical (unpaired) electrons. The number of nitrogens with one attached hydrogen (secondary N) is 1. The summed E-state index contributed by atoms with van der Waals surface area (Å²) in [6.07, 6.45) is -0.193. The fourth-order valence-electron chi connectivity index (χ4n) is 1.33.